The Morgan fingerprint density at radius 1 is 1.25 bits per heavy atom. The Hall–Kier alpha value is -1.91. The minimum Gasteiger partial charge on any atom is -0.341 e. The highest BCUT2D eigenvalue weighted by molar-refractivity contribution is 5.79. The van der Waals surface area contributed by atoms with Crippen LogP contribution in [0.4, 0.5) is 0 Å². The van der Waals surface area contributed by atoms with Gasteiger partial charge in [0.2, 0.25) is 5.91 Å². The van der Waals surface area contributed by atoms with Gasteiger partial charge in [-0.3, -0.25) is 4.79 Å². The maximum atomic E-state index is 12.4. The van der Waals surface area contributed by atoms with Crippen LogP contribution in [0, 0.1) is 11.8 Å². The summed E-state index contributed by atoms with van der Waals surface area (Å²) in [5.41, 5.74) is 1.75. The maximum absolute atomic E-state index is 12.4. The zero-order valence-electron chi connectivity index (χ0n) is 12.0. The van der Waals surface area contributed by atoms with Gasteiger partial charge in [-0.1, -0.05) is 31.2 Å². The SMILES string of the molecule is CC1CC(C)CN(C(=O)Cn2nnc3ccccc32)C1. The van der Waals surface area contributed by atoms with Gasteiger partial charge in [-0.05, 0) is 30.4 Å². The average Bonchev–Trinajstić information content (AvgIpc) is 2.81. The first-order valence-corrected chi connectivity index (χ1v) is 7.19. The van der Waals surface area contributed by atoms with Crippen LogP contribution in [0.5, 0.6) is 0 Å². The fraction of sp³-hybridized carbons (Fsp3) is 0.533. The molecule has 2 aromatic rings. The molecule has 2 heterocycles. The van der Waals surface area contributed by atoms with Crippen molar-refractivity contribution in [3.8, 4) is 0 Å². The molecule has 1 aliphatic rings. The predicted molar refractivity (Wildman–Crippen MR) is 77.1 cm³/mol. The van der Waals surface area contributed by atoms with Gasteiger partial charge >= 0.3 is 0 Å². The number of piperidine rings is 1. The van der Waals surface area contributed by atoms with Crippen LogP contribution < -0.4 is 0 Å². The van der Waals surface area contributed by atoms with Crippen molar-refractivity contribution in [2.24, 2.45) is 11.8 Å². The fourth-order valence-electron chi connectivity index (χ4n) is 3.13. The molecule has 1 fully saturated rings. The quantitative estimate of drug-likeness (QED) is 0.839. The van der Waals surface area contributed by atoms with E-state index in [1.54, 1.807) is 4.68 Å². The summed E-state index contributed by atoms with van der Waals surface area (Å²) in [6.45, 7) is 6.41. The van der Waals surface area contributed by atoms with Crippen molar-refractivity contribution in [1.29, 1.82) is 0 Å². The van der Waals surface area contributed by atoms with Crippen molar-refractivity contribution in [2.75, 3.05) is 13.1 Å². The number of aromatic nitrogens is 3. The van der Waals surface area contributed by atoms with Gasteiger partial charge in [-0.25, -0.2) is 4.68 Å². The summed E-state index contributed by atoms with van der Waals surface area (Å²) in [5, 5.41) is 8.18. The molecule has 0 radical (unpaired) electrons. The van der Waals surface area contributed by atoms with Gasteiger partial charge in [0.1, 0.15) is 12.1 Å². The topological polar surface area (TPSA) is 51.0 Å². The molecule has 1 saturated heterocycles. The molecule has 1 aliphatic heterocycles. The molecule has 1 amide bonds. The lowest BCUT2D eigenvalue weighted by Crippen LogP contribution is -2.44. The van der Waals surface area contributed by atoms with Crippen molar-refractivity contribution < 1.29 is 4.79 Å². The number of benzene rings is 1. The summed E-state index contributed by atoms with van der Waals surface area (Å²) in [6, 6.07) is 7.73. The number of hydrogen-bond donors (Lipinski definition) is 0. The molecule has 0 spiro atoms. The highest BCUT2D eigenvalue weighted by Gasteiger charge is 2.25. The first kappa shape index (κ1) is 13.1. The van der Waals surface area contributed by atoms with E-state index < -0.39 is 0 Å². The number of nitrogens with zero attached hydrogens (tertiary/aromatic N) is 4. The first-order valence-electron chi connectivity index (χ1n) is 7.19. The second-order valence-electron chi connectivity index (χ2n) is 5.98. The van der Waals surface area contributed by atoms with E-state index in [1.165, 1.54) is 6.42 Å². The molecule has 2 unspecified atom stereocenters. The van der Waals surface area contributed by atoms with Crippen LogP contribution in [-0.2, 0) is 11.3 Å². The van der Waals surface area contributed by atoms with Gasteiger partial charge in [0.25, 0.3) is 0 Å². The monoisotopic (exact) mass is 272 g/mol. The number of amides is 1. The van der Waals surface area contributed by atoms with Crippen LogP contribution in [0.3, 0.4) is 0 Å². The Kier molecular flexibility index (Phi) is 3.42. The molecule has 3 rings (SSSR count). The highest BCUT2D eigenvalue weighted by atomic mass is 16.2. The number of hydrogen-bond acceptors (Lipinski definition) is 3. The van der Waals surface area contributed by atoms with Gasteiger partial charge in [0.05, 0.1) is 5.52 Å². The molecular weight excluding hydrogens is 252 g/mol. The molecule has 106 valence electrons. The van der Waals surface area contributed by atoms with Crippen LogP contribution in [-0.4, -0.2) is 38.9 Å². The number of para-hydroxylation sites is 1. The second-order valence-corrected chi connectivity index (χ2v) is 5.98. The van der Waals surface area contributed by atoms with Crippen LogP contribution in [0.2, 0.25) is 0 Å². The Balaban J connectivity index is 1.75. The third-order valence-corrected chi connectivity index (χ3v) is 3.93. The second kappa shape index (κ2) is 5.23. The zero-order valence-corrected chi connectivity index (χ0v) is 12.0. The molecule has 5 nitrogen and oxygen atoms in total. The lowest BCUT2D eigenvalue weighted by molar-refractivity contribution is -0.134. The molecule has 1 aromatic heterocycles. The lowest BCUT2D eigenvalue weighted by Gasteiger charge is -2.35. The van der Waals surface area contributed by atoms with E-state index in [-0.39, 0.29) is 12.5 Å². The number of carbonyl (C=O) groups excluding carboxylic acids is 1. The Labute approximate surface area is 118 Å². The van der Waals surface area contributed by atoms with E-state index in [2.05, 4.69) is 24.2 Å². The fourth-order valence-corrected chi connectivity index (χ4v) is 3.13. The summed E-state index contributed by atoms with van der Waals surface area (Å²) in [5.74, 6) is 1.30. The number of fused-ring (bicyclic) bond motifs is 1. The van der Waals surface area contributed by atoms with E-state index >= 15 is 0 Å². The van der Waals surface area contributed by atoms with Crippen molar-refractivity contribution >= 4 is 16.9 Å². The predicted octanol–water partition coefficient (Wildman–Crippen LogP) is 1.94. The summed E-state index contributed by atoms with van der Waals surface area (Å²) >= 11 is 0. The minimum atomic E-state index is 0.138. The van der Waals surface area contributed by atoms with Crippen molar-refractivity contribution in [2.45, 2.75) is 26.8 Å². The smallest absolute Gasteiger partial charge is 0.244 e. The van der Waals surface area contributed by atoms with Crippen molar-refractivity contribution in [3.63, 3.8) is 0 Å². The summed E-state index contributed by atoms with van der Waals surface area (Å²) in [6.07, 6.45) is 1.20. The van der Waals surface area contributed by atoms with E-state index in [1.807, 2.05) is 29.2 Å². The Morgan fingerprint density at radius 3 is 2.70 bits per heavy atom. The molecular formula is C15H20N4O. The molecule has 20 heavy (non-hydrogen) atoms. The highest BCUT2D eigenvalue weighted by Crippen LogP contribution is 2.21. The third kappa shape index (κ3) is 2.53. The molecule has 0 bridgehead atoms. The van der Waals surface area contributed by atoms with Crippen LogP contribution in [0.1, 0.15) is 20.3 Å². The summed E-state index contributed by atoms with van der Waals surface area (Å²) < 4.78 is 1.70. The number of carbonyl (C=O) groups is 1. The molecule has 0 N–H and O–H groups in total. The van der Waals surface area contributed by atoms with Gasteiger partial charge in [-0.2, -0.15) is 0 Å². The van der Waals surface area contributed by atoms with Gasteiger partial charge in [-0.15, -0.1) is 5.10 Å². The minimum absolute atomic E-state index is 0.138. The summed E-state index contributed by atoms with van der Waals surface area (Å²) in [7, 11) is 0. The van der Waals surface area contributed by atoms with E-state index in [0.717, 1.165) is 24.1 Å². The average molecular weight is 272 g/mol. The molecule has 5 heteroatoms. The van der Waals surface area contributed by atoms with Gasteiger partial charge in [0.15, 0.2) is 0 Å². The Bertz CT molecular complexity index is 611. The number of rotatable bonds is 2. The third-order valence-electron chi connectivity index (χ3n) is 3.93. The maximum Gasteiger partial charge on any atom is 0.244 e. The van der Waals surface area contributed by atoms with E-state index in [0.29, 0.717) is 11.8 Å². The first-order chi connectivity index (χ1) is 9.63. The van der Waals surface area contributed by atoms with Gasteiger partial charge in [0, 0.05) is 13.1 Å². The van der Waals surface area contributed by atoms with E-state index in [9.17, 15) is 4.79 Å². The number of likely N-dealkylation sites (tertiary alicyclic amines) is 1. The van der Waals surface area contributed by atoms with Crippen molar-refractivity contribution in [1.82, 2.24) is 19.9 Å². The summed E-state index contributed by atoms with van der Waals surface area (Å²) in [4.78, 5) is 14.4. The van der Waals surface area contributed by atoms with Crippen LogP contribution in [0.15, 0.2) is 24.3 Å². The molecule has 1 aromatic carbocycles. The van der Waals surface area contributed by atoms with E-state index in [4.69, 9.17) is 0 Å². The molecule has 2 atom stereocenters. The molecule has 0 aliphatic carbocycles. The largest absolute Gasteiger partial charge is 0.341 e. The van der Waals surface area contributed by atoms with Crippen LogP contribution in [0.25, 0.3) is 11.0 Å². The Morgan fingerprint density at radius 2 is 1.95 bits per heavy atom. The van der Waals surface area contributed by atoms with Gasteiger partial charge < -0.3 is 4.90 Å². The lowest BCUT2D eigenvalue weighted by atomic mass is 9.92. The molecule has 0 saturated carbocycles. The zero-order chi connectivity index (χ0) is 14.1. The van der Waals surface area contributed by atoms with Crippen molar-refractivity contribution in [3.05, 3.63) is 24.3 Å². The normalized spacial score (nSPS) is 23.2. The standard InChI is InChI=1S/C15H20N4O/c1-11-7-12(2)9-18(8-11)15(20)10-19-14-6-4-3-5-13(14)16-17-19/h3-6,11-12H,7-10H2,1-2H3. The van der Waals surface area contributed by atoms with Crippen LogP contribution >= 0.6 is 0 Å².